The molecule has 0 spiro atoms. The van der Waals surface area contributed by atoms with Crippen molar-refractivity contribution in [3.8, 4) is 5.75 Å². The Morgan fingerprint density at radius 2 is 1.91 bits per heavy atom. The smallest absolute Gasteiger partial charge is 0.224 e. The van der Waals surface area contributed by atoms with Crippen LogP contribution in [-0.2, 0) is 6.42 Å². The van der Waals surface area contributed by atoms with Gasteiger partial charge in [-0.1, -0.05) is 18.2 Å². The van der Waals surface area contributed by atoms with Crippen LogP contribution in [0.25, 0.3) is 0 Å². The number of methoxy groups -OCH3 is 1. The molecule has 0 saturated heterocycles. The fourth-order valence-electron chi connectivity index (χ4n) is 2.12. The second-order valence-electron chi connectivity index (χ2n) is 6.13. The lowest BCUT2D eigenvalue weighted by Gasteiger charge is -2.21. The summed E-state index contributed by atoms with van der Waals surface area (Å²) in [6, 6.07) is 9.90. The molecular formula is C17H24N4O. The van der Waals surface area contributed by atoms with Gasteiger partial charge in [-0.2, -0.15) is 4.98 Å². The molecule has 2 rings (SSSR count). The number of rotatable bonds is 6. The summed E-state index contributed by atoms with van der Waals surface area (Å²) < 4.78 is 5.35. The maximum Gasteiger partial charge on any atom is 0.224 e. The first-order chi connectivity index (χ1) is 10.5. The van der Waals surface area contributed by atoms with Gasteiger partial charge < -0.3 is 15.4 Å². The molecule has 1 heterocycles. The zero-order valence-corrected chi connectivity index (χ0v) is 13.7. The molecule has 5 nitrogen and oxygen atoms in total. The van der Waals surface area contributed by atoms with E-state index in [2.05, 4.69) is 47.4 Å². The van der Waals surface area contributed by atoms with Crippen molar-refractivity contribution >= 4 is 11.8 Å². The van der Waals surface area contributed by atoms with Crippen LogP contribution in [0.2, 0.25) is 0 Å². The van der Waals surface area contributed by atoms with Gasteiger partial charge >= 0.3 is 0 Å². The van der Waals surface area contributed by atoms with Gasteiger partial charge in [-0.3, -0.25) is 0 Å². The van der Waals surface area contributed by atoms with E-state index in [0.717, 1.165) is 24.5 Å². The van der Waals surface area contributed by atoms with Crippen molar-refractivity contribution in [1.82, 2.24) is 9.97 Å². The lowest BCUT2D eigenvalue weighted by Crippen LogP contribution is -2.26. The summed E-state index contributed by atoms with van der Waals surface area (Å²) in [6.45, 7) is 7.05. The number of hydrogen-bond donors (Lipinski definition) is 2. The standard InChI is InChI=1S/C17H24N4O/c1-17(2,3)21-15-10-12-19-16(20-15)18-11-9-13-7-5-6-8-14(13)22-4/h5-8,10,12H,9,11H2,1-4H3,(H2,18,19,20,21). The molecule has 1 aromatic heterocycles. The Labute approximate surface area is 132 Å². The minimum Gasteiger partial charge on any atom is -0.496 e. The number of benzene rings is 1. The number of ether oxygens (including phenoxy) is 1. The van der Waals surface area contributed by atoms with E-state index in [1.165, 1.54) is 5.56 Å². The molecule has 0 radical (unpaired) electrons. The Bertz CT molecular complexity index is 608. The summed E-state index contributed by atoms with van der Waals surface area (Å²) in [5.74, 6) is 2.36. The van der Waals surface area contributed by atoms with Crippen LogP contribution in [0.4, 0.5) is 11.8 Å². The lowest BCUT2D eigenvalue weighted by molar-refractivity contribution is 0.410. The molecular weight excluding hydrogens is 276 g/mol. The monoisotopic (exact) mass is 300 g/mol. The molecule has 0 amide bonds. The summed E-state index contributed by atoms with van der Waals surface area (Å²) in [4.78, 5) is 8.72. The third kappa shape index (κ3) is 4.91. The lowest BCUT2D eigenvalue weighted by atomic mass is 10.1. The molecule has 0 aliphatic heterocycles. The first kappa shape index (κ1) is 16.1. The molecule has 0 unspecified atom stereocenters. The topological polar surface area (TPSA) is 59.1 Å². The number of para-hydroxylation sites is 1. The summed E-state index contributed by atoms with van der Waals surface area (Å²) >= 11 is 0. The Balaban J connectivity index is 1.93. The Kier molecular flexibility index (Phi) is 5.20. The van der Waals surface area contributed by atoms with Crippen LogP contribution < -0.4 is 15.4 Å². The van der Waals surface area contributed by atoms with E-state index in [0.29, 0.717) is 5.95 Å². The normalized spacial score (nSPS) is 11.1. The predicted octanol–water partition coefficient (Wildman–Crippen LogP) is 3.35. The van der Waals surface area contributed by atoms with Crippen molar-refractivity contribution in [2.45, 2.75) is 32.7 Å². The van der Waals surface area contributed by atoms with Crippen molar-refractivity contribution in [3.63, 3.8) is 0 Å². The molecule has 22 heavy (non-hydrogen) atoms. The minimum absolute atomic E-state index is 0.0248. The van der Waals surface area contributed by atoms with Crippen molar-refractivity contribution in [2.24, 2.45) is 0 Å². The second-order valence-corrected chi connectivity index (χ2v) is 6.13. The largest absolute Gasteiger partial charge is 0.496 e. The minimum atomic E-state index is -0.0248. The third-order valence-electron chi connectivity index (χ3n) is 3.03. The van der Waals surface area contributed by atoms with Gasteiger partial charge in [0, 0.05) is 18.3 Å². The molecule has 0 atom stereocenters. The molecule has 118 valence electrons. The fourth-order valence-corrected chi connectivity index (χ4v) is 2.12. The van der Waals surface area contributed by atoms with E-state index in [4.69, 9.17) is 4.74 Å². The highest BCUT2D eigenvalue weighted by molar-refractivity contribution is 5.41. The van der Waals surface area contributed by atoms with Crippen LogP contribution in [0.5, 0.6) is 5.75 Å². The van der Waals surface area contributed by atoms with Crippen LogP contribution in [0.15, 0.2) is 36.5 Å². The van der Waals surface area contributed by atoms with Crippen LogP contribution in [0.1, 0.15) is 26.3 Å². The molecule has 1 aromatic carbocycles. The summed E-state index contributed by atoms with van der Waals surface area (Å²) in [5.41, 5.74) is 1.14. The molecule has 2 aromatic rings. The van der Waals surface area contributed by atoms with Crippen molar-refractivity contribution < 1.29 is 4.74 Å². The van der Waals surface area contributed by atoms with E-state index < -0.39 is 0 Å². The average Bonchev–Trinajstić information content (AvgIpc) is 2.46. The first-order valence-electron chi connectivity index (χ1n) is 7.45. The Morgan fingerprint density at radius 3 is 2.64 bits per heavy atom. The highest BCUT2D eigenvalue weighted by atomic mass is 16.5. The van der Waals surface area contributed by atoms with Gasteiger partial charge in [-0.15, -0.1) is 0 Å². The zero-order chi connectivity index (χ0) is 16.0. The SMILES string of the molecule is COc1ccccc1CCNc1nccc(NC(C)(C)C)n1. The quantitative estimate of drug-likeness (QED) is 0.856. The molecule has 2 N–H and O–H groups in total. The molecule has 0 bridgehead atoms. The molecule has 0 fully saturated rings. The van der Waals surface area contributed by atoms with Gasteiger partial charge in [0.25, 0.3) is 0 Å². The summed E-state index contributed by atoms with van der Waals surface area (Å²) in [5, 5.41) is 6.59. The Morgan fingerprint density at radius 1 is 1.14 bits per heavy atom. The van der Waals surface area contributed by atoms with E-state index in [-0.39, 0.29) is 5.54 Å². The highest BCUT2D eigenvalue weighted by Gasteiger charge is 2.10. The Hall–Kier alpha value is -2.30. The van der Waals surface area contributed by atoms with E-state index in [1.807, 2.05) is 24.3 Å². The number of hydrogen-bond acceptors (Lipinski definition) is 5. The number of nitrogens with one attached hydrogen (secondary N) is 2. The predicted molar refractivity (Wildman–Crippen MR) is 90.6 cm³/mol. The van der Waals surface area contributed by atoms with Crippen molar-refractivity contribution in [2.75, 3.05) is 24.3 Å². The average molecular weight is 300 g/mol. The van der Waals surface area contributed by atoms with Gasteiger partial charge in [0.1, 0.15) is 11.6 Å². The summed E-state index contributed by atoms with van der Waals surface area (Å²) in [6.07, 6.45) is 2.61. The van der Waals surface area contributed by atoms with Crippen LogP contribution in [-0.4, -0.2) is 29.2 Å². The van der Waals surface area contributed by atoms with Crippen molar-refractivity contribution in [3.05, 3.63) is 42.1 Å². The first-order valence-corrected chi connectivity index (χ1v) is 7.45. The maximum absolute atomic E-state index is 5.35. The highest BCUT2D eigenvalue weighted by Crippen LogP contribution is 2.18. The van der Waals surface area contributed by atoms with Gasteiger partial charge in [-0.05, 0) is 44.9 Å². The van der Waals surface area contributed by atoms with Crippen LogP contribution in [0, 0.1) is 0 Å². The molecule has 0 aliphatic carbocycles. The van der Waals surface area contributed by atoms with Crippen LogP contribution in [0.3, 0.4) is 0 Å². The molecule has 0 aliphatic rings. The molecule has 0 saturated carbocycles. The fraction of sp³-hybridized carbons (Fsp3) is 0.412. The number of nitrogens with zero attached hydrogens (tertiary/aromatic N) is 2. The maximum atomic E-state index is 5.35. The summed E-state index contributed by atoms with van der Waals surface area (Å²) in [7, 11) is 1.69. The van der Waals surface area contributed by atoms with Crippen LogP contribution >= 0.6 is 0 Å². The van der Waals surface area contributed by atoms with E-state index >= 15 is 0 Å². The third-order valence-corrected chi connectivity index (χ3v) is 3.03. The van der Waals surface area contributed by atoms with E-state index in [9.17, 15) is 0 Å². The number of anilines is 2. The second kappa shape index (κ2) is 7.11. The van der Waals surface area contributed by atoms with E-state index in [1.54, 1.807) is 13.3 Å². The number of aromatic nitrogens is 2. The van der Waals surface area contributed by atoms with Gasteiger partial charge in [0.05, 0.1) is 7.11 Å². The van der Waals surface area contributed by atoms with Crippen molar-refractivity contribution in [1.29, 1.82) is 0 Å². The molecule has 5 heteroatoms. The zero-order valence-electron chi connectivity index (χ0n) is 13.7. The van der Waals surface area contributed by atoms with Gasteiger partial charge in [-0.25, -0.2) is 4.98 Å². The van der Waals surface area contributed by atoms with Gasteiger partial charge in [0.15, 0.2) is 0 Å². The van der Waals surface area contributed by atoms with Gasteiger partial charge in [0.2, 0.25) is 5.95 Å².